The highest BCUT2D eigenvalue weighted by Gasteiger charge is 2.03. The fourth-order valence-electron chi connectivity index (χ4n) is 0.645. The Kier molecular flexibility index (Phi) is 3.87. The van der Waals surface area contributed by atoms with Crippen molar-refractivity contribution in [1.29, 1.82) is 0 Å². The summed E-state index contributed by atoms with van der Waals surface area (Å²) in [6.07, 6.45) is 3.99. The average molecular weight is 136 g/mol. The van der Waals surface area contributed by atoms with Gasteiger partial charge in [-0.2, -0.15) is 0 Å². The van der Waals surface area contributed by atoms with Crippen LogP contribution in [0.4, 0.5) is 0 Å². The minimum atomic E-state index is 0. The maximum atomic E-state index is 8.45. The summed E-state index contributed by atoms with van der Waals surface area (Å²) in [4.78, 5) is 0. The van der Waals surface area contributed by atoms with E-state index in [1.54, 1.807) is 0 Å². The van der Waals surface area contributed by atoms with Crippen LogP contribution in [0.25, 0.3) is 0 Å². The van der Waals surface area contributed by atoms with Crippen LogP contribution in [0.3, 0.4) is 0 Å². The second-order valence-electron chi connectivity index (χ2n) is 1.63. The number of halogens is 1. The quantitative estimate of drug-likeness (QED) is 0.494. The smallest absolute Gasteiger partial charge is 0.0620 e. The van der Waals surface area contributed by atoms with Crippen molar-refractivity contribution in [2.24, 2.45) is 0 Å². The fourth-order valence-corrected chi connectivity index (χ4v) is 0.645. The Hall–Kier alpha value is -0.0500. The number of aliphatic hydroxyl groups is 1. The molecule has 1 atom stereocenters. The molecule has 3 heteroatoms. The van der Waals surface area contributed by atoms with Gasteiger partial charge in [0.15, 0.2) is 0 Å². The van der Waals surface area contributed by atoms with Crippen LogP contribution in [0.5, 0.6) is 0 Å². The van der Waals surface area contributed by atoms with Crippen molar-refractivity contribution in [1.82, 2.24) is 5.32 Å². The van der Waals surface area contributed by atoms with Gasteiger partial charge in [-0.3, -0.25) is 0 Å². The van der Waals surface area contributed by atoms with Crippen molar-refractivity contribution in [3.8, 4) is 0 Å². The van der Waals surface area contributed by atoms with Crippen molar-refractivity contribution < 1.29 is 5.11 Å². The molecular formula is C5H10ClNO. The number of hydrogen-bond acceptors (Lipinski definition) is 2. The summed E-state index contributed by atoms with van der Waals surface area (Å²) in [5, 5.41) is 11.5. The zero-order valence-corrected chi connectivity index (χ0v) is 5.32. The van der Waals surface area contributed by atoms with E-state index in [9.17, 15) is 0 Å². The third kappa shape index (κ3) is 1.82. The van der Waals surface area contributed by atoms with Gasteiger partial charge in [-0.25, -0.2) is 0 Å². The highest BCUT2D eigenvalue weighted by atomic mass is 35.5. The lowest BCUT2D eigenvalue weighted by Crippen LogP contribution is -2.25. The van der Waals surface area contributed by atoms with E-state index in [1.807, 2.05) is 12.2 Å². The first-order valence-electron chi connectivity index (χ1n) is 2.44. The van der Waals surface area contributed by atoms with E-state index in [0.717, 1.165) is 6.54 Å². The Morgan fingerprint density at radius 2 is 2.50 bits per heavy atom. The van der Waals surface area contributed by atoms with Crippen LogP contribution in [0.15, 0.2) is 12.2 Å². The first-order chi connectivity index (χ1) is 3.43. The molecule has 2 nitrogen and oxygen atoms in total. The molecule has 1 rings (SSSR count). The summed E-state index contributed by atoms with van der Waals surface area (Å²) >= 11 is 0. The van der Waals surface area contributed by atoms with E-state index < -0.39 is 0 Å². The van der Waals surface area contributed by atoms with Crippen LogP contribution in [-0.2, 0) is 0 Å². The van der Waals surface area contributed by atoms with E-state index in [-0.39, 0.29) is 25.1 Å². The van der Waals surface area contributed by atoms with Crippen molar-refractivity contribution in [3.05, 3.63) is 12.2 Å². The molecule has 0 aromatic rings. The van der Waals surface area contributed by atoms with E-state index in [2.05, 4.69) is 5.32 Å². The zero-order chi connectivity index (χ0) is 5.11. The first kappa shape index (κ1) is 7.95. The summed E-state index contributed by atoms with van der Waals surface area (Å²) in [6, 6.07) is 0.222. The second kappa shape index (κ2) is 3.89. The second-order valence-corrected chi connectivity index (χ2v) is 1.63. The standard InChI is InChI=1S/C5H9NO.ClH/c7-4-5-2-1-3-6-5;/h1-2,5-7H,3-4H2;1H/t5-;/m0./s1. The maximum Gasteiger partial charge on any atom is 0.0620 e. The van der Waals surface area contributed by atoms with Gasteiger partial charge in [0, 0.05) is 12.6 Å². The summed E-state index contributed by atoms with van der Waals surface area (Å²) in [6.45, 7) is 1.13. The lowest BCUT2D eigenvalue weighted by molar-refractivity contribution is 0.271. The molecule has 1 aliphatic rings. The summed E-state index contributed by atoms with van der Waals surface area (Å²) < 4.78 is 0. The van der Waals surface area contributed by atoms with E-state index in [4.69, 9.17) is 5.11 Å². The molecule has 0 fully saturated rings. The van der Waals surface area contributed by atoms with Gasteiger partial charge in [0.2, 0.25) is 0 Å². The SMILES string of the molecule is Cl.OC[C@@H]1C=CCN1. The summed E-state index contributed by atoms with van der Waals surface area (Å²) in [5.41, 5.74) is 0. The number of nitrogens with one attached hydrogen (secondary N) is 1. The Labute approximate surface area is 55.0 Å². The Morgan fingerprint density at radius 1 is 1.75 bits per heavy atom. The first-order valence-corrected chi connectivity index (χ1v) is 2.44. The zero-order valence-electron chi connectivity index (χ0n) is 4.50. The predicted molar refractivity (Wildman–Crippen MR) is 35.3 cm³/mol. The van der Waals surface area contributed by atoms with Crippen LogP contribution in [0.1, 0.15) is 0 Å². The fraction of sp³-hybridized carbons (Fsp3) is 0.600. The minimum absolute atomic E-state index is 0. The van der Waals surface area contributed by atoms with Gasteiger partial charge in [0.1, 0.15) is 0 Å². The normalized spacial score (nSPS) is 25.4. The maximum absolute atomic E-state index is 8.45. The van der Waals surface area contributed by atoms with Gasteiger partial charge in [0.05, 0.1) is 6.61 Å². The monoisotopic (exact) mass is 135 g/mol. The van der Waals surface area contributed by atoms with Crippen molar-refractivity contribution >= 4 is 12.4 Å². The molecule has 0 amide bonds. The van der Waals surface area contributed by atoms with Crippen molar-refractivity contribution in [2.75, 3.05) is 13.2 Å². The molecule has 8 heavy (non-hydrogen) atoms. The molecule has 0 aromatic carbocycles. The molecule has 0 saturated heterocycles. The molecular weight excluding hydrogens is 126 g/mol. The minimum Gasteiger partial charge on any atom is -0.394 e. The highest BCUT2D eigenvalue weighted by Crippen LogP contribution is 1.90. The van der Waals surface area contributed by atoms with Gasteiger partial charge in [0.25, 0.3) is 0 Å². The van der Waals surface area contributed by atoms with Crippen molar-refractivity contribution in [2.45, 2.75) is 6.04 Å². The molecule has 1 aliphatic heterocycles. The van der Waals surface area contributed by atoms with Gasteiger partial charge >= 0.3 is 0 Å². The molecule has 0 unspecified atom stereocenters. The lowest BCUT2D eigenvalue weighted by atomic mass is 10.3. The lowest BCUT2D eigenvalue weighted by Gasteiger charge is -2.00. The van der Waals surface area contributed by atoms with Crippen LogP contribution >= 0.6 is 12.4 Å². The number of aliphatic hydroxyl groups excluding tert-OH is 1. The largest absolute Gasteiger partial charge is 0.394 e. The van der Waals surface area contributed by atoms with Gasteiger partial charge in [-0.05, 0) is 0 Å². The van der Waals surface area contributed by atoms with Gasteiger partial charge in [-0.1, -0.05) is 12.2 Å². The Morgan fingerprint density at radius 3 is 2.75 bits per heavy atom. The topological polar surface area (TPSA) is 32.3 Å². The highest BCUT2D eigenvalue weighted by molar-refractivity contribution is 5.85. The van der Waals surface area contributed by atoms with Crippen LogP contribution in [0, 0.1) is 0 Å². The molecule has 48 valence electrons. The van der Waals surface area contributed by atoms with E-state index >= 15 is 0 Å². The molecule has 0 bridgehead atoms. The molecule has 1 heterocycles. The Bertz CT molecular complexity index is 84.5. The molecule has 0 spiro atoms. The van der Waals surface area contributed by atoms with Crippen LogP contribution in [-0.4, -0.2) is 24.3 Å². The van der Waals surface area contributed by atoms with E-state index in [1.165, 1.54) is 0 Å². The molecule has 0 radical (unpaired) electrons. The van der Waals surface area contributed by atoms with Crippen molar-refractivity contribution in [3.63, 3.8) is 0 Å². The van der Waals surface area contributed by atoms with E-state index in [0.29, 0.717) is 0 Å². The molecule has 2 N–H and O–H groups in total. The summed E-state index contributed by atoms with van der Waals surface area (Å²) in [7, 11) is 0. The molecule has 0 saturated carbocycles. The van der Waals surface area contributed by atoms with Crippen LogP contribution in [0.2, 0.25) is 0 Å². The van der Waals surface area contributed by atoms with Gasteiger partial charge in [-0.15, -0.1) is 12.4 Å². The van der Waals surface area contributed by atoms with Crippen LogP contribution < -0.4 is 5.32 Å². The van der Waals surface area contributed by atoms with Gasteiger partial charge < -0.3 is 10.4 Å². The molecule has 0 aliphatic carbocycles. The summed E-state index contributed by atoms with van der Waals surface area (Å²) in [5.74, 6) is 0. The number of hydrogen-bond donors (Lipinski definition) is 2. The Balaban J connectivity index is 0.000000490. The third-order valence-electron chi connectivity index (χ3n) is 1.06. The third-order valence-corrected chi connectivity index (χ3v) is 1.06. The average Bonchev–Trinajstić information content (AvgIpc) is 2.14. The predicted octanol–water partition coefficient (Wildman–Crippen LogP) is -0.0715. The number of rotatable bonds is 1. The molecule has 0 aromatic heterocycles.